The van der Waals surface area contributed by atoms with Crippen LogP contribution >= 0.6 is 22.7 Å². The summed E-state index contributed by atoms with van der Waals surface area (Å²) < 4.78 is 23.2. The summed E-state index contributed by atoms with van der Waals surface area (Å²) in [6.45, 7) is 5.18. The molecule has 5 N–H and O–H groups in total. The number of hydrogen-bond acceptors (Lipinski definition) is 14. The molecule has 7 rings (SSSR count). The van der Waals surface area contributed by atoms with Gasteiger partial charge < -0.3 is 49.8 Å². The summed E-state index contributed by atoms with van der Waals surface area (Å²) in [6, 6.07) is 24.5. The summed E-state index contributed by atoms with van der Waals surface area (Å²) in [5.41, 5.74) is 6.47. The number of aryl methyl sites for hydroxylation is 1. The van der Waals surface area contributed by atoms with E-state index in [-0.39, 0.29) is 82.2 Å². The highest BCUT2D eigenvalue weighted by Gasteiger charge is 2.41. The van der Waals surface area contributed by atoms with Crippen molar-refractivity contribution < 1.29 is 53.4 Å². The number of rotatable bonds is 22. The number of aliphatic hydroxyl groups excluding tert-OH is 1. The highest BCUT2D eigenvalue weighted by atomic mass is 32.1. The summed E-state index contributed by atoms with van der Waals surface area (Å²) in [5, 5.41) is 36.6. The van der Waals surface area contributed by atoms with E-state index in [1.807, 2.05) is 31.2 Å². The third kappa shape index (κ3) is 12.2. The smallest absolute Gasteiger partial charge is 0.246 e. The monoisotopic (exact) mass is 936 g/mol. The van der Waals surface area contributed by atoms with Gasteiger partial charge in [-0.3, -0.25) is 19.2 Å². The first kappa shape index (κ1) is 47.7. The standard InChI is InChI=1S/C49H52N4O11S2/c1-3-40(49(60)53-27-37(56)24-41(53)48(59)50-26-31-4-6-33(7-5-31)46-30(2)51-29-65-46)52-43(57)28-63-21-20-61-18-19-62-22-23-64-38-15-10-32(11-16-38)45(58)44-39-17-14-36(55)25-42(39)66-47(44)34-8-12-35(54)13-9-34/h4-17,25,29,37,40-41,54-56H,3,18-24,26-28H2,1-2H3,(H,50,59)(H,52,57)/t37-,40+,41+/m1/s1. The van der Waals surface area contributed by atoms with E-state index >= 15 is 0 Å². The Morgan fingerprint density at radius 3 is 2.15 bits per heavy atom. The summed E-state index contributed by atoms with van der Waals surface area (Å²) in [7, 11) is 0. The first-order valence-corrected chi connectivity index (χ1v) is 23.3. The van der Waals surface area contributed by atoms with Gasteiger partial charge in [0, 0.05) is 45.6 Å². The molecular formula is C49H52N4O11S2. The van der Waals surface area contributed by atoms with Crippen LogP contribution in [0.15, 0.2) is 96.5 Å². The minimum Gasteiger partial charge on any atom is -0.508 e. The molecule has 0 spiro atoms. The first-order chi connectivity index (χ1) is 32.0. The lowest BCUT2D eigenvalue weighted by molar-refractivity contribution is -0.142. The number of thiophene rings is 1. The topological polar surface area (TPSA) is 206 Å². The summed E-state index contributed by atoms with van der Waals surface area (Å²) in [5.74, 6) is -0.684. The third-order valence-electron chi connectivity index (χ3n) is 11.0. The molecule has 66 heavy (non-hydrogen) atoms. The van der Waals surface area contributed by atoms with Crippen molar-refractivity contribution in [1.82, 2.24) is 20.5 Å². The van der Waals surface area contributed by atoms with Crippen LogP contribution in [-0.2, 0) is 35.1 Å². The van der Waals surface area contributed by atoms with E-state index in [1.54, 1.807) is 90.5 Å². The van der Waals surface area contributed by atoms with Gasteiger partial charge in [-0.25, -0.2) is 4.98 Å². The van der Waals surface area contributed by atoms with Gasteiger partial charge in [0.2, 0.25) is 17.7 Å². The fourth-order valence-electron chi connectivity index (χ4n) is 7.54. The second-order valence-corrected chi connectivity index (χ2v) is 17.5. The van der Waals surface area contributed by atoms with Gasteiger partial charge in [-0.2, -0.15) is 0 Å². The molecule has 2 aromatic heterocycles. The van der Waals surface area contributed by atoms with Crippen molar-refractivity contribution in [1.29, 1.82) is 0 Å². The number of hydrogen-bond donors (Lipinski definition) is 5. The predicted molar refractivity (Wildman–Crippen MR) is 251 cm³/mol. The van der Waals surface area contributed by atoms with Gasteiger partial charge in [0.25, 0.3) is 0 Å². The number of amides is 3. The van der Waals surface area contributed by atoms with Crippen molar-refractivity contribution in [2.75, 3.05) is 52.8 Å². The number of phenolic OH excluding ortho intramolecular Hbond substituents is 2. The number of carbonyl (C=O) groups excluding carboxylic acids is 4. The molecule has 3 atom stereocenters. The Morgan fingerprint density at radius 1 is 0.818 bits per heavy atom. The minimum atomic E-state index is -0.896. The number of β-amino-alcohol motifs (C(OH)–C–C–N with tert-alkyl or cyclic N) is 1. The lowest BCUT2D eigenvalue weighted by atomic mass is 9.97. The average Bonchev–Trinajstić information content (AvgIpc) is 4.05. The van der Waals surface area contributed by atoms with Gasteiger partial charge in [-0.1, -0.05) is 31.2 Å². The van der Waals surface area contributed by atoms with Crippen LogP contribution in [0.3, 0.4) is 0 Å². The largest absolute Gasteiger partial charge is 0.508 e. The Balaban J connectivity index is 0.758. The van der Waals surface area contributed by atoms with Crippen molar-refractivity contribution in [3.63, 3.8) is 0 Å². The van der Waals surface area contributed by atoms with E-state index in [1.165, 1.54) is 16.2 Å². The van der Waals surface area contributed by atoms with Crippen LogP contribution < -0.4 is 15.4 Å². The Morgan fingerprint density at radius 2 is 1.47 bits per heavy atom. The Labute approximate surface area is 389 Å². The number of ketones is 1. The van der Waals surface area contributed by atoms with Crippen LogP contribution in [0.25, 0.3) is 31.0 Å². The molecule has 1 fully saturated rings. The summed E-state index contributed by atoms with van der Waals surface area (Å²) in [6.07, 6.45) is -0.481. The van der Waals surface area contributed by atoms with E-state index in [9.17, 15) is 34.5 Å². The number of likely N-dealkylation sites (tertiary alicyclic amines) is 1. The lowest BCUT2D eigenvalue weighted by Gasteiger charge is -2.28. The molecule has 0 saturated carbocycles. The molecule has 1 aliphatic rings. The molecule has 15 nitrogen and oxygen atoms in total. The quantitative estimate of drug-likeness (QED) is 0.0379. The highest BCUT2D eigenvalue weighted by molar-refractivity contribution is 7.22. The molecule has 0 bridgehead atoms. The molecule has 1 aliphatic heterocycles. The zero-order valence-electron chi connectivity index (χ0n) is 36.6. The van der Waals surface area contributed by atoms with Gasteiger partial charge >= 0.3 is 0 Å². The van der Waals surface area contributed by atoms with Gasteiger partial charge in [0.15, 0.2) is 5.78 Å². The Bertz CT molecular complexity index is 2600. The van der Waals surface area contributed by atoms with E-state index in [0.717, 1.165) is 42.2 Å². The molecule has 3 amide bonds. The molecule has 0 aliphatic carbocycles. The SMILES string of the molecule is CC[C@H](NC(=O)COCCOCCOCCOc1ccc(C(=O)c2c(-c3ccc(O)cc3)sc3cc(O)ccc23)cc1)C(=O)N1C[C@H](O)C[C@H]1C(=O)NCc1ccc(-c2scnc2C)cc1. The fraction of sp³-hybridized carbons (Fsp3) is 0.327. The first-order valence-electron chi connectivity index (χ1n) is 21.6. The van der Waals surface area contributed by atoms with Crippen molar-refractivity contribution in [3.8, 4) is 38.1 Å². The van der Waals surface area contributed by atoms with Crippen molar-refractivity contribution >= 4 is 56.3 Å². The van der Waals surface area contributed by atoms with Gasteiger partial charge in [0.1, 0.15) is 42.5 Å². The minimum absolute atomic E-state index is 0.0110. The molecule has 6 aromatic rings. The molecule has 0 unspecified atom stereocenters. The van der Waals surface area contributed by atoms with Crippen LogP contribution in [-0.4, -0.2) is 120 Å². The number of aromatic hydroxyl groups is 2. The lowest BCUT2D eigenvalue weighted by Crippen LogP contribution is -2.53. The number of fused-ring (bicyclic) bond motifs is 1. The number of benzene rings is 4. The van der Waals surface area contributed by atoms with Gasteiger partial charge in [0.05, 0.1) is 55.2 Å². The maximum Gasteiger partial charge on any atom is 0.246 e. The van der Waals surface area contributed by atoms with Crippen LogP contribution in [0.1, 0.15) is 46.9 Å². The van der Waals surface area contributed by atoms with Crippen LogP contribution in [0.5, 0.6) is 17.2 Å². The molecule has 0 radical (unpaired) electrons. The number of phenols is 2. The summed E-state index contributed by atoms with van der Waals surface area (Å²) in [4.78, 5) is 60.8. The van der Waals surface area contributed by atoms with E-state index in [0.29, 0.717) is 30.1 Å². The normalized spacial score (nSPS) is 15.2. The number of aromatic nitrogens is 1. The third-order valence-corrected chi connectivity index (χ3v) is 13.1. The van der Waals surface area contributed by atoms with E-state index in [2.05, 4.69) is 15.6 Å². The van der Waals surface area contributed by atoms with E-state index < -0.39 is 30.0 Å². The molecular weight excluding hydrogens is 885 g/mol. The second-order valence-electron chi connectivity index (χ2n) is 15.6. The fourth-order valence-corrected chi connectivity index (χ4v) is 9.59. The molecule has 346 valence electrons. The van der Waals surface area contributed by atoms with Crippen molar-refractivity contribution in [2.24, 2.45) is 0 Å². The molecule has 4 aromatic carbocycles. The van der Waals surface area contributed by atoms with Crippen LogP contribution in [0, 0.1) is 6.92 Å². The second kappa shape index (κ2) is 22.8. The van der Waals surface area contributed by atoms with Crippen LogP contribution in [0.4, 0.5) is 0 Å². The van der Waals surface area contributed by atoms with Crippen LogP contribution in [0.2, 0.25) is 0 Å². The molecule has 3 heterocycles. The zero-order valence-corrected chi connectivity index (χ0v) is 38.2. The zero-order chi connectivity index (χ0) is 46.6. The average molecular weight is 937 g/mol. The number of nitrogens with one attached hydrogen (secondary N) is 2. The van der Waals surface area contributed by atoms with Crippen molar-refractivity contribution in [3.05, 3.63) is 119 Å². The van der Waals surface area contributed by atoms with Gasteiger partial charge in [-0.05, 0) is 96.8 Å². The maximum atomic E-state index is 13.8. The number of thiazole rings is 1. The Kier molecular flexibility index (Phi) is 16.5. The highest BCUT2D eigenvalue weighted by Crippen LogP contribution is 2.41. The number of nitrogens with zero attached hydrogens (tertiary/aromatic N) is 2. The van der Waals surface area contributed by atoms with Gasteiger partial charge in [-0.15, -0.1) is 22.7 Å². The number of carbonyl (C=O) groups is 4. The number of aliphatic hydroxyl groups is 1. The summed E-state index contributed by atoms with van der Waals surface area (Å²) >= 11 is 2.96. The maximum absolute atomic E-state index is 13.8. The van der Waals surface area contributed by atoms with Crippen molar-refractivity contribution in [2.45, 2.75) is 51.4 Å². The molecule has 17 heteroatoms. The van der Waals surface area contributed by atoms with E-state index in [4.69, 9.17) is 18.9 Å². The number of ether oxygens (including phenoxy) is 4. The molecule has 1 saturated heterocycles. The Hall–Kier alpha value is -6.21. The predicted octanol–water partition coefficient (Wildman–Crippen LogP) is 6.24.